The molecule has 1 heterocycles. The molecule has 1 aliphatic carbocycles. The first-order valence-electron chi connectivity index (χ1n) is 6.37. The highest BCUT2D eigenvalue weighted by molar-refractivity contribution is 7.99. The van der Waals surface area contributed by atoms with Crippen molar-refractivity contribution in [2.24, 2.45) is 23.5 Å². The Balaban J connectivity index is 1.83. The van der Waals surface area contributed by atoms with Crippen LogP contribution in [0.3, 0.4) is 0 Å². The molecule has 0 spiro atoms. The first-order valence-corrected chi connectivity index (χ1v) is 7.41. The van der Waals surface area contributed by atoms with Gasteiger partial charge in [-0.05, 0) is 31.1 Å². The Morgan fingerprint density at radius 2 is 1.87 bits per heavy atom. The van der Waals surface area contributed by atoms with Crippen LogP contribution in [0, 0.1) is 17.8 Å². The zero-order valence-corrected chi connectivity index (χ0v) is 10.9. The van der Waals surface area contributed by atoms with Gasteiger partial charge in [0.1, 0.15) is 0 Å². The molecule has 2 aliphatic rings. The van der Waals surface area contributed by atoms with Crippen LogP contribution in [-0.4, -0.2) is 24.3 Å². The van der Waals surface area contributed by atoms with Gasteiger partial charge in [0.05, 0.1) is 13.1 Å². The Labute approximate surface area is 98.0 Å². The molecule has 3 N–H and O–H groups in total. The molecule has 1 aliphatic heterocycles. The number of thioether (sulfide) groups is 1. The van der Waals surface area contributed by atoms with Gasteiger partial charge in [-0.3, -0.25) is 5.73 Å². The smallest absolute Gasteiger partial charge is 0.187 e. The molecule has 3 heteroatoms. The number of hydrogen-bond acceptors (Lipinski definition) is 2. The lowest BCUT2D eigenvalue weighted by Gasteiger charge is -2.33. The monoisotopic (exact) mass is 229 g/mol. The maximum absolute atomic E-state index is 6.09. The first-order chi connectivity index (χ1) is 7.15. The fraction of sp³-hybridized carbons (Fsp3) is 1.00. The maximum Gasteiger partial charge on any atom is 0.187 e. The van der Waals surface area contributed by atoms with Gasteiger partial charge in [-0.25, -0.2) is 0 Å². The van der Waals surface area contributed by atoms with E-state index in [4.69, 9.17) is 5.73 Å². The van der Waals surface area contributed by atoms with Gasteiger partial charge in [-0.1, -0.05) is 25.6 Å². The molecule has 0 aromatic rings. The molecule has 4 atom stereocenters. The third kappa shape index (κ3) is 3.11. The Bertz CT molecular complexity index is 200. The van der Waals surface area contributed by atoms with E-state index in [1.54, 1.807) is 4.90 Å². The molecular weight excluding hydrogens is 204 g/mol. The van der Waals surface area contributed by atoms with Crippen molar-refractivity contribution in [3.63, 3.8) is 0 Å². The van der Waals surface area contributed by atoms with Crippen LogP contribution in [-0.2, 0) is 0 Å². The van der Waals surface area contributed by atoms with Gasteiger partial charge in [-0.15, -0.1) is 0 Å². The summed E-state index contributed by atoms with van der Waals surface area (Å²) in [7, 11) is 0. The molecule has 1 saturated carbocycles. The Kier molecular flexibility index (Phi) is 3.97. The summed E-state index contributed by atoms with van der Waals surface area (Å²) in [6.45, 7) is 7.43. The Morgan fingerprint density at radius 1 is 1.20 bits per heavy atom. The van der Waals surface area contributed by atoms with Crippen LogP contribution < -0.4 is 10.6 Å². The van der Waals surface area contributed by atoms with Crippen LogP contribution in [0.15, 0.2) is 0 Å². The van der Waals surface area contributed by atoms with Gasteiger partial charge >= 0.3 is 0 Å². The molecule has 2 rings (SSSR count). The molecule has 0 radical (unpaired) electrons. The normalized spacial score (nSPS) is 47.0. The van der Waals surface area contributed by atoms with E-state index in [0.717, 1.165) is 17.8 Å². The van der Waals surface area contributed by atoms with E-state index < -0.39 is 0 Å². The molecule has 0 aromatic carbocycles. The van der Waals surface area contributed by atoms with Crippen LogP contribution in [0.25, 0.3) is 0 Å². The Hall–Kier alpha value is 0.270. The summed E-state index contributed by atoms with van der Waals surface area (Å²) in [5.41, 5.74) is 6.45. The molecule has 2 nitrogen and oxygen atoms in total. The molecule has 88 valence electrons. The highest BCUT2D eigenvalue weighted by Gasteiger charge is 2.31. The first kappa shape index (κ1) is 11.7. The van der Waals surface area contributed by atoms with Crippen LogP contribution in [0.2, 0.25) is 0 Å². The average Bonchev–Trinajstić information content (AvgIpc) is 2.50. The molecule has 4 unspecified atom stereocenters. The second-order valence-corrected chi connectivity index (χ2v) is 6.94. The number of nitrogens with two attached hydrogens (primary N) is 1. The molecule has 2 fully saturated rings. The van der Waals surface area contributed by atoms with Gasteiger partial charge in [0, 0.05) is 11.7 Å². The minimum Gasteiger partial charge on any atom is -0.310 e. The summed E-state index contributed by atoms with van der Waals surface area (Å²) >= 11 is 1.94. The molecule has 0 bridgehead atoms. The van der Waals surface area contributed by atoms with Crippen LogP contribution in [0.5, 0.6) is 0 Å². The van der Waals surface area contributed by atoms with Crippen molar-refractivity contribution < 1.29 is 4.90 Å². The standard InChI is InChI=1S/C12H24N2S/c1-9-5-10(2)7-11(6-9)8-14-3-4-15-12(14)13/h9-12H,3-8,13H2,1-2H3/p+1. The third-order valence-corrected chi connectivity index (χ3v) is 5.08. The van der Waals surface area contributed by atoms with E-state index >= 15 is 0 Å². The number of quaternary nitrogens is 1. The predicted octanol–water partition coefficient (Wildman–Crippen LogP) is 0.933. The zero-order chi connectivity index (χ0) is 10.8. The minimum absolute atomic E-state index is 0.359. The van der Waals surface area contributed by atoms with E-state index in [2.05, 4.69) is 13.8 Å². The third-order valence-electron chi connectivity index (χ3n) is 3.95. The van der Waals surface area contributed by atoms with Crippen molar-refractivity contribution in [1.29, 1.82) is 0 Å². The summed E-state index contributed by atoms with van der Waals surface area (Å²) in [4.78, 5) is 1.64. The topological polar surface area (TPSA) is 30.5 Å². The van der Waals surface area contributed by atoms with Gasteiger partial charge in [0.25, 0.3) is 0 Å². The van der Waals surface area contributed by atoms with Crippen molar-refractivity contribution in [3.05, 3.63) is 0 Å². The van der Waals surface area contributed by atoms with Crippen LogP contribution in [0.1, 0.15) is 33.1 Å². The molecule has 1 saturated heterocycles. The van der Waals surface area contributed by atoms with Crippen molar-refractivity contribution >= 4 is 11.8 Å². The lowest BCUT2D eigenvalue weighted by molar-refractivity contribution is -0.906. The van der Waals surface area contributed by atoms with Gasteiger partial charge in [-0.2, -0.15) is 0 Å². The van der Waals surface area contributed by atoms with E-state index in [1.165, 1.54) is 38.1 Å². The van der Waals surface area contributed by atoms with E-state index in [-0.39, 0.29) is 0 Å². The SMILES string of the molecule is CC1CC(C)CC(C[NH+]2CCSC2N)C1. The van der Waals surface area contributed by atoms with Crippen LogP contribution >= 0.6 is 11.8 Å². The van der Waals surface area contributed by atoms with Crippen molar-refractivity contribution in [2.45, 2.75) is 38.6 Å². The van der Waals surface area contributed by atoms with Gasteiger partial charge in [0.15, 0.2) is 5.50 Å². The second-order valence-electron chi connectivity index (χ2n) is 5.69. The Morgan fingerprint density at radius 3 is 2.40 bits per heavy atom. The maximum atomic E-state index is 6.09. The summed E-state index contributed by atoms with van der Waals surface area (Å²) in [5.74, 6) is 4.06. The van der Waals surface area contributed by atoms with Gasteiger partial charge in [0.2, 0.25) is 0 Å². The summed E-state index contributed by atoms with van der Waals surface area (Å²) < 4.78 is 0. The number of rotatable bonds is 2. The highest BCUT2D eigenvalue weighted by atomic mass is 32.2. The lowest BCUT2D eigenvalue weighted by Crippen LogP contribution is -3.15. The fourth-order valence-electron chi connectivity index (χ4n) is 3.45. The van der Waals surface area contributed by atoms with Gasteiger partial charge < -0.3 is 4.90 Å². The number of hydrogen-bond donors (Lipinski definition) is 2. The van der Waals surface area contributed by atoms with E-state index in [0.29, 0.717) is 5.50 Å². The highest BCUT2D eigenvalue weighted by Crippen LogP contribution is 2.32. The minimum atomic E-state index is 0.359. The summed E-state index contributed by atoms with van der Waals surface area (Å²) in [5, 5.41) is 0. The average molecular weight is 229 g/mol. The van der Waals surface area contributed by atoms with Crippen molar-refractivity contribution in [3.8, 4) is 0 Å². The predicted molar refractivity (Wildman–Crippen MR) is 66.8 cm³/mol. The molecule has 0 amide bonds. The molecule has 15 heavy (non-hydrogen) atoms. The molecular formula is C12H25N2S+. The van der Waals surface area contributed by atoms with Crippen molar-refractivity contribution in [2.75, 3.05) is 18.8 Å². The fourth-order valence-corrected chi connectivity index (χ4v) is 4.53. The molecule has 0 aromatic heterocycles. The van der Waals surface area contributed by atoms with Crippen molar-refractivity contribution in [1.82, 2.24) is 0 Å². The summed E-state index contributed by atoms with van der Waals surface area (Å²) in [6, 6.07) is 0. The van der Waals surface area contributed by atoms with E-state index in [1.807, 2.05) is 11.8 Å². The van der Waals surface area contributed by atoms with Crippen LogP contribution in [0.4, 0.5) is 0 Å². The zero-order valence-electron chi connectivity index (χ0n) is 10.0. The number of nitrogens with one attached hydrogen (secondary N) is 1. The summed E-state index contributed by atoms with van der Waals surface area (Å²) in [6.07, 6.45) is 4.31. The second kappa shape index (κ2) is 5.07. The quantitative estimate of drug-likeness (QED) is 0.738. The largest absolute Gasteiger partial charge is 0.310 e. The lowest BCUT2D eigenvalue weighted by atomic mass is 9.76. The van der Waals surface area contributed by atoms with E-state index in [9.17, 15) is 0 Å².